The average Bonchev–Trinajstić information content (AvgIpc) is 3.01. The molecule has 1 saturated heterocycles. The largest absolute Gasteiger partial charge is 0.465 e. The molecule has 3 rings (SSSR count). The molecular formula is C12H9ClN2O3S. The van der Waals surface area contributed by atoms with Gasteiger partial charge in [-0.2, -0.15) is 0 Å². The quantitative estimate of drug-likeness (QED) is 0.812. The van der Waals surface area contributed by atoms with Crippen molar-refractivity contribution in [2.45, 2.75) is 16.9 Å². The Labute approximate surface area is 118 Å². The Balaban J connectivity index is 1.80. The molecule has 0 bridgehead atoms. The highest BCUT2D eigenvalue weighted by molar-refractivity contribution is 8.00. The summed E-state index contributed by atoms with van der Waals surface area (Å²) >= 11 is 7.28. The topological polar surface area (TPSA) is 65.2 Å². The molecule has 7 heteroatoms. The van der Waals surface area contributed by atoms with Crippen LogP contribution >= 0.6 is 23.4 Å². The lowest BCUT2D eigenvalue weighted by molar-refractivity contribution is -0.137. The molecule has 1 fully saturated rings. The summed E-state index contributed by atoms with van der Waals surface area (Å²) < 4.78 is 10.4. The fourth-order valence-corrected chi connectivity index (χ4v) is 2.76. The molecule has 0 amide bonds. The first-order valence-electron chi connectivity index (χ1n) is 5.66. The van der Waals surface area contributed by atoms with Gasteiger partial charge in [-0.05, 0) is 23.9 Å². The van der Waals surface area contributed by atoms with Crippen LogP contribution in [-0.4, -0.2) is 28.0 Å². The Morgan fingerprint density at radius 3 is 2.89 bits per heavy atom. The predicted octanol–water partition coefficient (Wildman–Crippen LogP) is 2.80. The number of benzene rings is 1. The van der Waals surface area contributed by atoms with E-state index in [0.29, 0.717) is 34.7 Å². The number of nitrogens with zero attached hydrogens (tertiary/aromatic N) is 2. The van der Waals surface area contributed by atoms with Gasteiger partial charge in [-0.15, -0.1) is 10.2 Å². The lowest BCUT2D eigenvalue weighted by Gasteiger charge is -1.99. The summed E-state index contributed by atoms with van der Waals surface area (Å²) in [6.45, 7) is 0.446. The van der Waals surface area contributed by atoms with E-state index in [2.05, 4.69) is 10.2 Å². The van der Waals surface area contributed by atoms with Crippen LogP contribution in [0.4, 0.5) is 0 Å². The van der Waals surface area contributed by atoms with E-state index < -0.39 is 0 Å². The monoisotopic (exact) mass is 296 g/mol. The van der Waals surface area contributed by atoms with Crippen molar-refractivity contribution >= 4 is 29.3 Å². The number of carbonyl (C=O) groups excluding carboxylic acids is 1. The number of ether oxygens (including phenoxy) is 1. The summed E-state index contributed by atoms with van der Waals surface area (Å²) in [5, 5.41) is 8.48. The summed E-state index contributed by atoms with van der Waals surface area (Å²) in [5.41, 5.74) is 0.678. The zero-order valence-electron chi connectivity index (χ0n) is 9.71. The number of rotatable bonds is 3. The SMILES string of the molecule is O=C1OCCC1Sc1nnc(-c2ccccc2Cl)o1. The third kappa shape index (κ3) is 2.59. The van der Waals surface area contributed by atoms with Gasteiger partial charge in [-0.1, -0.05) is 23.7 Å². The van der Waals surface area contributed by atoms with Gasteiger partial charge in [0.2, 0.25) is 5.89 Å². The van der Waals surface area contributed by atoms with E-state index in [-0.39, 0.29) is 11.2 Å². The molecule has 0 saturated carbocycles. The van der Waals surface area contributed by atoms with Crippen molar-refractivity contribution in [2.75, 3.05) is 6.61 Å². The van der Waals surface area contributed by atoms with Crippen molar-refractivity contribution in [2.24, 2.45) is 0 Å². The van der Waals surface area contributed by atoms with Crippen LogP contribution in [0, 0.1) is 0 Å². The fraction of sp³-hybridized carbons (Fsp3) is 0.250. The van der Waals surface area contributed by atoms with Crippen LogP contribution in [0.1, 0.15) is 6.42 Å². The first kappa shape index (κ1) is 12.5. The minimum atomic E-state index is -0.264. The number of hydrogen-bond acceptors (Lipinski definition) is 6. The van der Waals surface area contributed by atoms with Gasteiger partial charge in [0.1, 0.15) is 5.25 Å². The van der Waals surface area contributed by atoms with Crippen molar-refractivity contribution in [1.29, 1.82) is 0 Å². The van der Waals surface area contributed by atoms with E-state index >= 15 is 0 Å². The van der Waals surface area contributed by atoms with Gasteiger partial charge in [0, 0.05) is 6.42 Å². The Morgan fingerprint density at radius 2 is 2.16 bits per heavy atom. The molecule has 19 heavy (non-hydrogen) atoms. The maximum atomic E-state index is 11.4. The molecule has 1 aromatic carbocycles. The second-order valence-electron chi connectivity index (χ2n) is 3.92. The van der Waals surface area contributed by atoms with Crippen molar-refractivity contribution in [3.8, 4) is 11.5 Å². The molecule has 2 heterocycles. The third-order valence-corrected chi connectivity index (χ3v) is 4.05. The Bertz CT molecular complexity index is 617. The lowest BCUT2D eigenvalue weighted by atomic mass is 10.2. The van der Waals surface area contributed by atoms with Crippen LogP contribution in [0.3, 0.4) is 0 Å². The summed E-state index contributed by atoms with van der Waals surface area (Å²) in [7, 11) is 0. The molecule has 1 aliphatic heterocycles. The second kappa shape index (κ2) is 5.22. The van der Waals surface area contributed by atoms with Gasteiger partial charge in [0.25, 0.3) is 5.22 Å². The molecular weight excluding hydrogens is 288 g/mol. The van der Waals surface area contributed by atoms with Crippen LogP contribution in [0.2, 0.25) is 5.02 Å². The number of thioether (sulfide) groups is 1. The molecule has 1 unspecified atom stereocenters. The predicted molar refractivity (Wildman–Crippen MR) is 70.0 cm³/mol. The minimum absolute atomic E-state index is 0.234. The van der Waals surface area contributed by atoms with E-state index in [4.69, 9.17) is 20.8 Å². The number of carbonyl (C=O) groups is 1. The molecule has 1 aliphatic rings. The zero-order valence-corrected chi connectivity index (χ0v) is 11.3. The first-order chi connectivity index (χ1) is 9.24. The van der Waals surface area contributed by atoms with Crippen LogP contribution in [0.15, 0.2) is 33.9 Å². The van der Waals surface area contributed by atoms with E-state index in [1.165, 1.54) is 11.8 Å². The lowest BCUT2D eigenvalue weighted by Crippen LogP contribution is -2.09. The maximum Gasteiger partial charge on any atom is 0.319 e. The molecule has 0 aliphatic carbocycles. The summed E-state index contributed by atoms with van der Waals surface area (Å²) in [6.07, 6.45) is 0.660. The number of halogens is 1. The van der Waals surface area contributed by atoms with Crippen molar-refractivity contribution in [3.05, 3.63) is 29.3 Å². The highest BCUT2D eigenvalue weighted by Crippen LogP contribution is 2.32. The highest BCUT2D eigenvalue weighted by Gasteiger charge is 2.29. The molecule has 1 aromatic heterocycles. The van der Waals surface area contributed by atoms with Gasteiger partial charge >= 0.3 is 5.97 Å². The first-order valence-corrected chi connectivity index (χ1v) is 6.91. The van der Waals surface area contributed by atoms with E-state index in [1.54, 1.807) is 12.1 Å². The summed E-state index contributed by atoms with van der Waals surface area (Å²) in [4.78, 5) is 11.4. The van der Waals surface area contributed by atoms with Crippen LogP contribution < -0.4 is 0 Å². The number of hydrogen-bond donors (Lipinski definition) is 0. The number of cyclic esters (lactones) is 1. The van der Waals surface area contributed by atoms with Crippen LogP contribution in [0.25, 0.3) is 11.5 Å². The van der Waals surface area contributed by atoms with Crippen LogP contribution in [-0.2, 0) is 9.53 Å². The molecule has 0 N–H and O–H groups in total. The average molecular weight is 297 g/mol. The fourth-order valence-electron chi connectivity index (χ4n) is 1.71. The Kier molecular flexibility index (Phi) is 3.44. The Hall–Kier alpha value is -1.53. The summed E-state index contributed by atoms with van der Waals surface area (Å²) in [5.74, 6) is 0.113. The van der Waals surface area contributed by atoms with Crippen LogP contribution in [0.5, 0.6) is 0 Å². The van der Waals surface area contributed by atoms with Gasteiger partial charge in [-0.3, -0.25) is 4.79 Å². The Morgan fingerprint density at radius 1 is 1.32 bits per heavy atom. The van der Waals surface area contributed by atoms with Crippen molar-refractivity contribution < 1.29 is 13.9 Å². The second-order valence-corrected chi connectivity index (χ2v) is 5.48. The number of aromatic nitrogens is 2. The van der Waals surface area contributed by atoms with Gasteiger partial charge < -0.3 is 9.15 Å². The normalized spacial score (nSPS) is 18.6. The molecule has 0 radical (unpaired) electrons. The van der Waals surface area contributed by atoms with E-state index in [9.17, 15) is 4.79 Å². The smallest absolute Gasteiger partial charge is 0.319 e. The third-order valence-electron chi connectivity index (χ3n) is 2.64. The molecule has 98 valence electrons. The highest BCUT2D eigenvalue weighted by atomic mass is 35.5. The van der Waals surface area contributed by atoms with Gasteiger partial charge in [-0.25, -0.2) is 0 Å². The van der Waals surface area contributed by atoms with Gasteiger partial charge in [0.15, 0.2) is 0 Å². The molecule has 0 spiro atoms. The maximum absolute atomic E-state index is 11.4. The van der Waals surface area contributed by atoms with Crippen molar-refractivity contribution in [1.82, 2.24) is 10.2 Å². The van der Waals surface area contributed by atoms with E-state index in [0.717, 1.165) is 0 Å². The molecule has 1 atom stereocenters. The number of esters is 1. The standard InChI is InChI=1S/C12H9ClN2O3S/c13-8-4-2-1-3-7(8)10-14-15-12(18-10)19-9-5-6-17-11(9)16/h1-4,9H,5-6H2. The van der Waals surface area contributed by atoms with Gasteiger partial charge in [0.05, 0.1) is 17.2 Å². The molecule has 5 nitrogen and oxygen atoms in total. The van der Waals surface area contributed by atoms with E-state index in [1.807, 2.05) is 12.1 Å². The summed E-state index contributed by atoms with van der Waals surface area (Å²) in [6, 6.07) is 7.22. The minimum Gasteiger partial charge on any atom is -0.465 e. The molecule has 2 aromatic rings. The zero-order chi connectivity index (χ0) is 13.2. The van der Waals surface area contributed by atoms with Crippen molar-refractivity contribution in [3.63, 3.8) is 0 Å².